The van der Waals surface area contributed by atoms with Crippen molar-refractivity contribution in [1.29, 1.82) is 0 Å². The highest BCUT2D eigenvalue weighted by Gasteiger charge is 2.41. The molecule has 1 N–H and O–H groups in total. The molecule has 0 aromatic heterocycles. The van der Waals surface area contributed by atoms with Gasteiger partial charge in [-0.2, -0.15) is 0 Å². The molecule has 0 unspecified atom stereocenters. The Hall–Kier alpha value is -2.85. The molecule has 31 heavy (non-hydrogen) atoms. The summed E-state index contributed by atoms with van der Waals surface area (Å²) < 4.78 is 11.7. The van der Waals surface area contributed by atoms with E-state index in [9.17, 15) is 4.79 Å². The number of anilines is 1. The van der Waals surface area contributed by atoms with Gasteiger partial charge in [-0.15, -0.1) is 0 Å². The molecule has 1 heterocycles. The van der Waals surface area contributed by atoms with Crippen LogP contribution >= 0.6 is 0 Å². The van der Waals surface area contributed by atoms with Gasteiger partial charge in [-0.1, -0.05) is 61.0 Å². The molecular weight excluding hydrogens is 386 g/mol. The molecule has 1 aliphatic rings. The molecule has 1 aliphatic heterocycles. The molecule has 0 saturated carbocycles. The standard InChI is InChI=1S/C27H31NO3/c1-4-20(3)31-25-14-13-24(22-7-5-6-8-23(22)25)28-26(29)27(15-17-30-18-16-27)21-11-9-19(2)10-12-21/h5-14,20H,4,15-18H2,1-3H3,(H,28,29)/t20-/m1/s1. The van der Waals surface area contributed by atoms with Gasteiger partial charge >= 0.3 is 0 Å². The first kappa shape index (κ1) is 21.4. The highest BCUT2D eigenvalue weighted by Crippen LogP contribution is 2.38. The molecule has 0 radical (unpaired) electrons. The smallest absolute Gasteiger partial charge is 0.235 e. The first-order valence-corrected chi connectivity index (χ1v) is 11.2. The largest absolute Gasteiger partial charge is 0.490 e. The van der Waals surface area contributed by atoms with Crippen LogP contribution < -0.4 is 10.1 Å². The van der Waals surface area contributed by atoms with Gasteiger partial charge < -0.3 is 14.8 Å². The number of hydrogen-bond donors (Lipinski definition) is 1. The molecule has 0 bridgehead atoms. The topological polar surface area (TPSA) is 47.6 Å². The Morgan fingerprint density at radius 3 is 2.39 bits per heavy atom. The van der Waals surface area contributed by atoms with E-state index in [0.717, 1.165) is 34.2 Å². The predicted molar refractivity (Wildman–Crippen MR) is 126 cm³/mol. The molecule has 0 aliphatic carbocycles. The fraction of sp³-hybridized carbons (Fsp3) is 0.370. The summed E-state index contributed by atoms with van der Waals surface area (Å²) in [5.41, 5.74) is 2.48. The number of fused-ring (bicyclic) bond motifs is 1. The summed E-state index contributed by atoms with van der Waals surface area (Å²) in [7, 11) is 0. The Morgan fingerprint density at radius 1 is 1.03 bits per heavy atom. The lowest BCUT2D eigenvalue weighted by molar-refractivity contribution is -0.125. The second-order valence-electron chi connectivity index (χ2n) is 8.51. The van der Waals surface area contributed by atoms with Gasteiger partial charge in [0.1, 0.15) is 5.75 Å². The molecular formula is C27H31NO3. The molecule has 4 rings (SSSR count). The van der Waals surface area contributed by atoms with Crippen molar-refractivity contribution in [2.24, 2.45) is 0 Å². The Labute approximate surface area is 184 Å². The van der Waals surface area contributed by atoms with E-state index >= 15 is 0 Å². The molecule has 1 amide bonds. The number of carbonyl (C=O) groups excluding carboxylic acids is 1. The van der Waals surface area contributed by atoms with E-state index in [1.807, 2.05) is 36.4 Å². The summed E-state index contributed by atoms with van der Waals surface area (Å²) in [6.07, 6.45) is 2.42. The van der Waals surface area contributed by atoms with Crippen LogP contribution in [-0.4, -0.2) is 25.2 Å². The third kappa shape index (κ3) is 4.31. The van der Waals surface area contributed by atoms with Crippen molar-refractivity contribution in [3.63, 3.8) is 0 Å². The van der Waals surface area contributed by atoms with Crippen molar-refractivity contribution < 1.29 is 14.3 Å². The number of ether oxygens (including phenoxy) is 2. The van der Waals surface area contributed by atoms with Gasteiger partial charge in [0.2, 0.25) is 5.91 Å². The highest BCUT2D eigenvalue weighted by molar-refractivity contribution is 6.07. The van der Waals surface area contributed by atoms with Crippen molar-refractivity contribution >= 4 is 22.4 Å². The van der Waals surface area contributed by atoms with Gasteiger partial charge in [-0.05, 0) is 50.8 Å². The number of aryl methyl sites for hydroxylation is 1. The number of amides is 1. The lowest BCUT2D eigenvalue weighted by Crippen LogP contribution is -2.44. The van der Waals surface area contributed by atoms with E-state index in [-0.39, 0.29) is 12.0 Å². The summed E-state index contributed by atoms with van der Waals surface area (Å²) in [6.45, 7) is 7.42. The molecule has 0 spiro atoms. The van der Waals surface area contributed by atoms with E-state index in [4.69, 9.17) is 9.47 Å². The summed E-state index contributed by atoms with van der Waals surface area (Å²) in [6, 6.07) is 20.3. The van der Waals surface area contributed by atoms with Gasteiger partial charge in [-0.25, -0.2) is 0 Å². The van der Waals surface area contributed by atoms with E-state index in [1.165, 1.54) is 5.56 Å². The van der Waals surface area contributed by atoms with Crippen LogP contribution in [0, 0.1) is 6.92 Å². The maximum atomic E-state index is 13.7. The Balaban J connectivity index is 1.69. The lowest BCUT2D eigenvalue weighted by atomic mass is 9.73. The molecule has 4 heteroatoms. The summed E-state index contributed by atoms with van der Waals surface area (Å²) in [5, 5.41) is 5.25. The van der Waals surface area contributed by atoms with Crippen molar-refractivity contribution in [2.45, 2.75) is 51.6 Å². The van der Waals surface area contributed by atoms with Crippen LogP contribution in [0.1, 0.15) is 44.2 Å². The maximum absolute atomic E-state index is 13.7. The van der Waals surface area contributed by atoms with Crippen LogP contribution in [-0.2, 0) is 14.9 Å². The van der Waals surface area contributed by atoms with Gasteiger partial charge in [-0.3, -0.25) is 4.79 Å². The minimum absolute atomic E-state index is 0.0281. The fourth-order valence-corrected chi connectivity index (χ4v) is 4.26. The van der Waals surface area contributed by atoms with E-state index in [0.29, 0.717) is 26.1 Å². The average Bonchev–Trinajstić information content (AvgIpc) is 2.81. The van der Waals surface area contributed by atoms with Crippen LogP contribution in [0.5, 0.6) is 5.75 Å². The van der Waals surface area contributed by atoms with Crippen LogP contribution in [0.25, 0.3) is 10.8 Å². The Morgan fingerprint density at radius 2 is 1.71 bits per heavy atom. The summed E-state index contributed by atoms with van der Waals surface area (Å²) in [4.78, 5) is 13.7. The van der Waals surface area contributed by atoms with Gasteiger partial charge in [0.15, 0.2) is 0 Å². The number of rotatable bonds is 6. The quantitative estimate of drug-likeness (QED) is 0.534. The van der Waals surface area contributed by atoms with Crippen molar-refractivity contribution in [3.05, 3.63) is 71.8 Å². The first-order chi connectivity index (χ1) is 15.0. The molecule has 1 fully saturated rings. The average molecular weight is 418 g/mol. The van der Waals surface area contributed by atoms with Gasteiger partial charge in [0.25, 0.3) is 0 Å². The minimum Gasteiger partial charge on any atom is -0.490 e. The molecule has 162 valence electrons. The SMILES string of the molecule is CC[C@@H](C)Oc1ccc(NC(=O)C2(c3ccc(C)cc3)CCOCC2)c2ccccc12. The molecule has 3 aromatic carbocycles. The number of carbonyl (C=O) groups is 1. The summed E-state index contributed by atoms with van der Waals surface area (Å²) in [5.74, 6) is 0.877. The van der Waals surface area contributed by atoms with Gasteiger partial charge in [0.05, 0.1) is 11.5 Å². The molecule has 4 nitrogen and oxygen atoms in total. The summed E-state index contributed by atoms with van der Waals surface area (Å²) >= 11 is 0. The number of nitrogens with one attached hydrogen (secondary N) is 1. The second kappa shape index (κ2) is 9.11. The normalized spacial score (nSPS) is 16.6. The van der Waals surface area contributed by atoms with Crippen LogP contribution in [0.15, 0.2) is 60.7 Å². The number of hydrogen-bond acceptors (Lipinski definition) is 3. The van der Waals surface area contributed by atoms with Crippen molar-refractivity contribution in [3.8, 4) is 5.75 Å². The van der Waals surface area contributed by atoms with Crippen LogP contribution in [0.2, 0.25) is 0 Å². The monoisotopic (exact) mass is 417 g/mol. The third-order valence-electron chi connectivity index (χ3n) is 6.42. The fourth-order valence-electron chi connectivity index (χ4n) is 4.26. The van der Waals surface area contributed by atoms with Crippen molar-refractivity contribution in [2.75, 3.05) is 18.5 Å². The van der Waals surface area contributed by atoms with E-state index in [2.05, 4.69) is 50.4 Å². The maximum Gasteiger partial charge on any atom is 0.235 e. The Kier molecular flexibility index (Phi) is 6.28. The molecule has 1 saturated heterocycles. The molecule has 1 atom stereocenters. The van der Waals surface area contributed by atoms with E-state index in [1.54, 1.807) is 0 Å². The van der Waals surface area contributed by atoms with E-state index < -0.39 is 5.41 Å². The van der Waals surface area contributed by atoms with Crippen molar-refractivity contribution in [1.82, 2.24) is 0 Å². The zero-order chi connectivity index (χ0) is 21.8. The van der Waals surface area contributed by atoms with Crippen LogP contribution in [0.4, 0.5) is 5.69 Å². The lowest BCUT2D eigenvalue weighted by Gasteiger charge is -2.36. The molecule has 3 aromatic rings. The van der Waals surface area contributed by atoms with Crippen LogP contribution in [0.3, 0.4) is 0 Å². The Bertz CT molecular complexity index is 1050. The zero-order valence-corrected chi connectivity index (χ0v) is 18.6. The zero-order valence-electron chi connectivity index (χ0n) is 18.6. The third-order valence-corrected chi connectivity index (χ3v) is 6.42. The number of benzene rings is 3. The second-order valence-corrected chi connectivity index (χ2v) is 8.51. The predicted octanol–water partition coefficient (Wildman–Crippen LogP) is 6.01. The minimum atomic E-state index is -0.584. The van der Waals surface area contributed by atoms with Gasteiger partial charge in [0, 0.05) is 29.7 Å². The highest BCUT2D eigenvalue weighted by atomic mass is 16.5. The first-order valence-electron chi connectivity index (χ1n) is 11.2.